The number of aliphatic carboxylic acids is 1. The van der Waals surface area contributed by atoms with Crippen molar-refractivity contribution in [2.75, 3.05) is 0 Å². The number of nitrogens with zero attached hydrogens (tertiary/aromatic N) is 1. The summed E-state index contributed by atoms with van der Waals surface area (Å²) < 4.78 is 41.2. The number of allylic oxidation sites excluding steroid dienone is 1. The van der Waals surface area contributed by atoms with Crippen LogP contribution in [0.1, 0.15) is 34.8 Å². The van der Waals surface area contributed by atoms with Crippen LogP contribution in [0.5, 0.6) is 0 Å². The van der Waals surface area contributed by atoms with E-state index in [-0.39, 0.29) is 23.4 Å². The summed E-state index contributed by atoms with van der Waals surface area (Å²) in [6.07, 6.45) is 2.95. The molecule has 1 amide bonds. The second-order valence-electron chi connectivity index (χ2n) is 7.99. The minimum absolute atomic E-state index is 0.0230. The molecule has 9 heteroatoms. The minimum atomic E-state index is -4.38. The molecule has 3 aromatic rings. The van der Waals surface area contributed by atoms with Gasteiger partial charge in [0.05, 0.1) is 26.9 Å². The van der Waals surface area contributed by atoms with Gasteiger partial charge in [0.1, 0.15) is 0 Å². The maximum atomic E-state index is 13.0. The summed E-state index contributed by atoms with van der Waals surface area (Å²) in [7, 11) is 0. The molecule has 1 aliphatic rings. The van der Waals surface area contributed by atoms with Crippen LogP contribution in [-0.4, -0.2) is 27.6 Å². The molecule has 0 saturated carbocycles. The molecule has 1 unspecified atom stereocenters. The van der Waals surface area contributed by atoms with E-state index in [0.29, 0.717) is 24.1 Å². The van der Waals surface area contributed by atoms with Gasteiger partial charge in [0.15, 0.2) is 0 Å². The maximum absolute atomic E-state index is 13.0. The summed E-state index contributed by atoms with van der Waals surface area (Å²) in [5.74, 6) is -1.25. The van der Waals surface area contributed by atoms with Gasteiger partial charge in [-0.15, -0.1) is 11.3 Å². The Labute approximate surface area is 191 Å². The Morgan fingerprint density at radius 3 is 2.58 bits per heavy atom. The van der Waals surface area contributed by atoms with Gasteiger partial charge in [-0.3, -0.25) is 4.79 Å². The van der Waals surface area contributed by atoms with Crippen molar-refractivity contribution in [3.8, 4) is 0 Å². The van der Waals surface area contributed by atoms with Gasteiger partial charge in [-0.05, 0) is 37.1 Å². The number of carboxylic acids is 1. The number of carbonyl (C=O) groups is 2. The molecule has 172 valence electrons. The van der Waals surface area contributed by atoms with Crippen molar-refractivity contribution >= 4 is 33.4 Å². The molecule has 0 aliphatic heterocycles. The fourth-order valence-corrected chi connectivity index (χ4v) is 4.80. The maximum Gasteiger partial charge on any atom is 0.416 e. The van der Waals surface area contributed by atoms with Crippen LogP contribution in [-0.2, 0) is 17.5 Å². The molecule has 2 N–H and O–H groups in total. The smallest absolute Gasteiger partial charge is 0.416 e. The van der Waals surface area contributed by atoms with Crippen molar-refractivity contribution in [2.24, 2.45) is 5.92 Å². The van der Waals surface area contributed by atoms with E-state index in [1.165, 1.54) is 23.5 Å². The molecule has 33 heavy (non-hydrogen) atoms. The average molecular weight is 475 g/mol. The summed E-state index contributed by atoms with van der Waals surface area (Å²) in [5.41, 5.74) is 1.47. The predicted octanol–water partition coefficient (Wildman–Crippen LogP) is 5.48. The highest BCUT2D eigenvalue weighted by atomic mass is 32.1. The van der Waals surface area contributed by atoms with Gasteiger partial charge >= 0.3 is 12.1 Å². The zero-order valence-electron chi connectivity index (χ0n) is 17.6. The van der Waals surface area contributed by atoms with Gasteiger partial charge in [0, 0.05) is 30.1 Å². The van der Waals surface area contributed by atoms with E-state index in [4.69, 9.17) is 5.11 Å². The lowest BCUT2D eigenvalue weighted by Gasteiger charge is -2.23. The molecule has 2 atom stereocenters. The Hall–Kier alpha value is -3.33. The van der Waals surface area contributed by atoms with E-state index in [1.54, 1.807) is 23.6 Å². The summed E-state index contributed by atoms with van der Waals surface area (Å²) >= 11 is 1.43. The monoisotopic (exact) mass is 474 g/mol. The van der Waals surface area contributed by atoms with Crippen LogP contribution in [0.25, 0.3) is 10.2 Å². The molecule has 0 radical (unpaired) electrons. The topological polar surface area (TPSA) is 71.3 Å². The predicted molar refractivity (Wildman–Crippen MR) is 120 cm³/mol. The first-order valence-corrected chi connectivity index (χ1v) is 11.2. The van der Waals surface area contributed by atoms with Crippen molar-refractivity contribution < 1.29 is 27.9 Å². The van der Waals surface area contributed by atoms with Crippen LogP contribution in [0.3, 0.4) is 0 Å². The van der Waals surface area contributed by atoms with Gasteiger partial charge in [-0.1, -0.05) is 30.4 Å². The number of thiophene rings is 1. The summed E-state index contributed by atoms with van der Waals surface area (Å²) in [6, 6.07) is 6.66. The number of hydrogen-bond acceptors (Lipinski definition) is 3. The Balaban J connectivity index is 1.49. The number of halogens is 3. The van der Waals surface area contributed by atoms with Gasteiger partial charge < -0.3 is 15.0 Å². The lowest BCUT2D eigenvalue weighted by atomic mass is 9.91. The number of carbonyl (C=O) groups excluding carboxylic acids is 1. The Morgan fingerprint density at radius 1 is 1.24 bits per heavy atom. The third-order valence-electron chi connectivity index (χ3n) is 5.74. The Kier molecular flexibility index (Phi) is 6.16. The van der Waals surface area contributed by atoms with E-state index in [0.717, 1.165) is 22.3 Å². The zero-order valence-corrected chi connectivity index (χ0v) is 18.4. The Bertz CT molecular complexity index is 1250. The number of benzene rings is 1. The number of fused-ring (bicyclic) bond motifs is 1. The number of nitrogens with one attached hydrogen (secondary N) is 1. The molecular weight excluding hydrogens is 453 g/mol. The summed E-state index contributed by atoms with van der Waals surface area (Å²) in [5, 5.41) is 13.8. The first kappa shape index (κ1) is 22.8. The number of aromatic nitrogens is 1. The summed E-state index contributed by atoms with van der Waals surface area (Å²) in [4.78, 5) is 24.1. The SMILES string of the molecule is C[C@H](NC(=O)c1csc2ccn(Cc3ccc(C(F)(F)F)cc3)c12)C1C=CC(C(=O)O)=CC1. The van der Waals surface area contributed by atoms with E-state index < -0.39 is 17.7 Å². The van der Waals surface area contributed by atoms with Crippen molar-refractivity contribution in [1.82, 2.24) is 9.88 Å². The number of rotatable bonds is 6. The highest BCUT2D eigenvalue weighted by molar-refractivity contribution is 7.17. The fourth-order valence-electron chi connectivity index (χ4n) is 3.86. The van der Waals surface area contributed by atoms with E-state index in [9.17, 15) is 22.8 Å². The molecule has 0 spiro atoms. The van der Waals surface area contributed by atoms with Crippen LogP contribution in [0.4, 0.5) is 13.2 Å². The minimum Gasteiger partial charge on any atom is -0.478 e. The van der Waals surface area contributed by atoms with Gasteiger partial charge in [-0.2, -0.15) is 13.2 Å². The van der Waals surface area contributed by atoms with Crippen molar-refractivity contribution in [2.45, 2.75) is 32.1 Å². The lowest BCUT2D eigenvalue weighted by Crippen LogP contribution is -2.37. The molecule has 2 heterocycles. The van der Waals surface area contributed by atoms with E-state index in [1.807, 2.05) is 23.8 Å². The van der Waals surface area contributed by atoms with E-state index in [2.05, 4.69) is 5.32 Å². The van der Waals surface area contributed by atoms with E-state index >= 15 is 0 Å². The van der Waals surface area contributed by atoms with Crippen molar-refractivity contribution in [3.63, 3.8) is 0 Å². The molecule has 4 rings (SSSR count). The second kappa shape index (κ2) is 8.90. The van der Waals surface area contributed by atoms with Crippen LogP contribution >= 0.6 is 11.3 Å². The lowest BCUT2D eigenvalue weighted by molar-refractivity contribution is -0.137. The third-order valence-corrected chi connectivity index (χ3v) is 6.68. The average Bonchev–Trinajstić information content (AvgIpc) is 3.36. The summed E-state index contributed by atoms with van der Waals surface area (Å²) in [6.45, 7) is 2.21. The van der Waals surface area contributed by atoms with Crippen LogP contribution < -0.4 is 5.32 Å². The molecule has 5 nitrogen and oxygen atoms in total. The molecule has 0 fully saturated rings. The molecule has 2 aromatic heterocycles. The van der Waals surface area contributed by atoms with Crippen molar-refractivity contribution in [3.05, 3.63) is 82.4 Å². The molecule has 1 aliphatic carbocycles. The van der Waals surface area contributed by atoms with Crippen LogP contribution in [0.15, 0.2) is 65.7 Å². The van der Waals surface area contributed by atoms with Gasteiger partial charge in [0.25, 0.3) is 5.91 Å². The highest BCUT2D eigenvalue weighted by Crippen LogP contribution is 2.31. The normalized spacial score (nSPS) is 17.1. The largest absolute Gasteiger partial charge is 0.478 e. The van der Waals surface area contributed by atoms with Crippen molar-refractivity contribution in [1.29, 1.82) is 0 Å². The molecule has 0 bridgehead atoms. The van der Waals surface area contributed by atoms with Gasteiger partial charge in [-0.25, -0.2) is 4.79 Å². The molecule has 0 saturated heterocycles. The first-order valence-electron chi connectivity index (χ1n) is 10.3. The number of hydrogen-bond donors (Lipinski definition) is 2. The first-order chi connectivity index (χ1) is 15.6. The number of carboxylic acid groups (broad SMARTS) is 1. The quantitative estimate of drug-likeness (QED) is 0.497. The highest BCUT2D eigenvalue weighted by Gasteiger charge is 2.30. The standard InChI is InChI=1S/C24H21F3N2O3S/c1-14(16-4-6-17(7-5-16)23(31)32)28-22(30)19-13-33-20-10-11-29(21(19)20)12-15-2-8-18(9-3-15)24(25,26)27/h2-4,6-11,13-14,16H,5,12H2,1H3,(H,28,30)(H,31,32)/t14-,16?/m0/s1. The molecule has 1 aromatic carbocycles. The number of amides is 1. The zero-order chi connectivity index (χ0) is 23.8. The van der Waals surface area contributed by atoms with Gasteiger partial charge in [0.2, 0.25) is 0 Å². The molecular formula is C24H21F3N2O3S. The number of alkyl halides is 3. The third kappa shape index (κ3) is 4.88. The fraction of sp³-hybridized carbons (Fsp3) is 0.250. The second-order valence-corrected chi connectivity index (χ2v) is 8.90. The Morgan fingerprint density at radius 2 is 1.97 bits per heavy atom. The van der Waals surface area contributed by atoms with Crippen LogP contribution in [0, 0.1) is 5.92 Å². The van der Waals surface area contributed by atoms with Crippen LogP contribution in [0.2, 0.25) is 0 Å².